The van der Waals surface area contributed by atoms with Crippen LogP contribution in [0.25, 0.3) is 0 Å². The molecule has 1 saturated carbocycles. The van der Waals surface area contributed by atoms with Crippen LogP contribution < -0.4 is 5.73 Å². The van der Waals surface area contributed by atoms with E-state index in [-0.39, 0.29) is 17.9 Å². The number of carbonyl (C=O) groups excluding carboxylic acids is 1. The molecule has 0 radical (unpaired) electrons. The normalized spacial score (nSPS) is 22.6. The quantitative estimate of drug-likeness (QED) is 0.928. The standard InChI is InChI=1S/C15H20Cl2N2O/c1-19(9-10-5-12(16)8-13(17)6-10)15(20)11-3-2-4-14(18)7-11/h5-6,8,11,14H,2-4,7,9,18H2,1H3. The lowest BCUT2D eigenvalue weighted by molar-refractivity contribution is -0.135. The van der Waals surface area contributed by atoms with E-state index in [9.17, 15) is 4.79 Å². The minimum Gasteiger partial charge on any atom is -0.341 e. The van der Waals surface area contributed by atoms with Crippen LogP contribution in [0.3, 0.4) is 0 Å². The van der Waals surface area contributed by atoms with Crippen LogP contribution >= 0.6 is 23.2 Å². The second-order valence-corrected chi connectivity index (χ2v) is 6.47. The summed E-state index contributed by atoms with van der Waals surface area (Å²) < 4.78 is 0. The van der Waals surface area contributed by atoms with E-state index in [2.05, 4.69) is 0 Å². The highest BCUT2D eigenvalue weighted by atomic mass is 35.5. The number of carbonyl (C=O) groups is 1. The summed E-state index contributed by atoms with van der Waals surface area (Å²) in [6.07, 6.45) is 3.79. The predicted octanol–water partition coefficient (Wildman–Crippen LogP) is 3.47. The molecule has 0 bridgehead atoms. The van der Waals surface area contributed by atoms with Crippen molar-refractivity contribution in [1.82, 2.24) is 4.90 Å². The second-order valence-electron chi connectivity index (χ2n) is 5.60. The molecule has 2 unspecified atom stereocenters. The van der Waals surface area contributed by atoms with Gasteiger partial charge in [0.25, 0.3) is 0 Å². The molecule has 0 saturated heterocycles. The Kier molecular flexibility index (Phi) is 5.30. The Hall–Kier alpha value is -0.770. The van der Waals surface area contributed by atoms with Gasteiger partial charge in [0.15, 0.2) is 0 Å². The maximum absolute atomic E-state index is 12.4. The van der Waals surface area contributed by atoms with Crippen LogP contribution in [0.4, 0.5) is 0 Å². The Balaban J connectivity index is 1.99. The van der Waals surface area contributed by atoms with Crippen LogP contribution in [0.15, 0.2) is 18.2 Å². The van der Waals surface area contributed by atoms with Gasteiger partial charge in [0.1, 0.15) is 0 Å². The zero-order valence-electron chi connectivity index (χ0n) is 11.6. The summed E-state index contributed by atoms with van der Waals surface area (Å²) in [5.41, 5.74) is 6.89. The van der Waals surface area contributed by atoms with Crippen molar-refractivity contribution in [2.45, 2.75) is 38.3 Å². The molecule has 3 nitrogen and oxygen atoms in total. The maximum Gasteiger partial charge on any atom is 0.225 e. The van der Waals surface area contributed by atoms with Crippen molar-refractivity contribution in [3.05, 3.63) is 33.8 Å². The zero-order chi connectivity index (χ0) is 14.7. The lowest BCUT2D eigenvalue weighted by atomic mass is 9.85. The van der Waals surface area contributed by atoms with Gasteiger partial charge >= 0.3 is 0 Å². The van der Waals surface area contributed by atoms with Crippen molar-refractivity contribution in [1.29, 1.82) is 0 Å². The first kappa shape index (κ1) is 15.6. The van der Waals surface area contributed by atoms with Gasteiger partial charge in [-0.15, -0.1) is 0 Å². The average molecular weight is 315 g/mol. The van der Waals surface area contributed by atoms with Crippen LogP contribution in [0.2, 0.25) is 10.0 Å². The van der Waals surface area contributed by atoms with Crippen LogP contribution in [-0.4, -0.2) is 23.9 Å². The minimum atomic E-state index is 0.0541. The van der Waals surface area contributed by atoms with Crippen molar-refractivity contribution in [3.63, 3.8) is 0 Å². The van der Waals surface area contributed by atoms with E-state index in [1.165, 1.54) is 0 Å². The van der Waals surface area contributed by atoms with Crippen molar-refractivity contribution in [2.75, 3.05) is 7.05 Å². The number of amides is 1. The highest BCUT2D eigenvalue weighted by Crippen LogP contribution is 2.26. The molecule has 0 spiro atoms. The molecule has 0 aliphatic heterocycles. The molecule has 1 aliphatic rings. The largest absolute Gasteiger partial charge is 0.341 e. The number of nitrogens with zero attached hydrogens (tertiary/aromatic N) is 1. The van der Waals surface area contributed by atoms with Gasteiger partial charge in [-0.25, -0.2) is 0 Å². The van der Waals surface area contributed by atoms with Gasteiger partial charge < -0.3 is 10.6 Å². The molecular formula is C15H20Cl2N2O. The number of hydrogen-bond acceptors (Lipinski definition) is 2. The van der Waals surface area contributed by atoms with Crippen LogP contribution in [-0.2, 0) is 11.3 Å². The smallest absolute Gasteiger partial charge is 0.225 e. The van der Waals surface area contributed by atoms with Gasteiger partial charge in [-0.1, -0.05) is 29.6 Å². The third-order valence-electron chi connectivity index (χ3n) is 3.78. The Bertz CT molecular complexity index is 473. The Labute approximate surface area is 130 Å². The summed E-state index contributed by atoms with van der Waals surface area (Å²) in [6, 6.07) is 5.52. The predicted molar refractivity (Wildman–Crippen MR) is 82.9 cm³/mol. The van der Waals surface area contributed by atoms with E-state index >= 15 is 0 Å². The topological polar surface area (TPSA) is 46.3 Å². The van der Waals surface area contributed by atoms with Crippen molar-refractivity contribution in [2.24, 2.45) is 11.7 Å². The molecule has 0 heterocycles. The fraction of sp³-hybridized carbons (Fsp3) is 0.533. The molecule has 1 amide bonds. The van der Waals surface area contributed by atoms with E-state index in [4.69, 9.17) is 28.9 Å². The lowest BCUT2D eigenvalue weighted by Gasteiger charge is -2.29. The first-order valence-corrected chi connectivity index (χ1v) is 7.67. The van der Waals surface area contributed by atoms with E-state index in [0.717, 1.165) is 31.2 Å². The SMILES string of the molecule is CN(Cc1cc(Cl)cc(Cl)c1)C(=O)C1CCCC(N)C1. The van der Waals surface area contributed by atoms with Crippen LogP contribution in [0.5, 0.6) is 0 Å². The summed E-state index contributed by atoms with van der Waals surface area (Å²) in [6.45, 7) is 0.519. The molecular weight excluding hydrogens is 295 g/mol. The highest BCUT2D eigenvalue weighted by molar-refractivity contribution is 6.34. The number of nitrogens with two attached hydrogens (primary N) is 1. The zero-order valence-corrected chi connectivity index (χ0v) is 13.1. The van der Waals surface area contributed by atoms with Crippen LogP contribution in [0, 0.1) is 5.92 Å². The number of hydrogen-bond donors (Lipinski definition) is 1. The van der Waals surface area contributed by atoms with E-state index in [1.807, 2.05) is 19.2 Å². The van der Waals surface area contributed by atoms with Gasteiger partial charge in [0.2, 0.25) is 5.91 Å². The second kappa shape index (κ2) is 6.79. The third kappa shape index (κ3) is 4.11. The molecule has 2 atom stereocenters. The summed E-state index contributed by atoms with van der Waals surface area (Å²) >= 11 is 12.0. The van der Waals surface area contributed by atoms with Crippen LogP contribution in [0.1, 0.15) is 31.2 Å². The molecule has 20 heavy (non-hydrogen) atoms. The van der Waals surface area contributed by atoms with E-state index in [1.54, 1.807) is 11.0 Å². The Morgan fingerprint density at radius 2 is 1.95 bits per heavy atom. The lowest BCUT2D eigenvalue weighted by Crippen LogP contribution is -2.38. The van der Waals surface area contributed by atoms with Gasteiger partial charge in [-0.05, 0) is 43.0 Å². The van der Waals surface area contributed by atoms with Gasteiger partial charge in [0, 0.05) is 35.6 Å². The molecule has 1 aromatic rings. The average Bonchev–Trinajstić information content (AvgIpc) is 2.36. The van der Waals surface area contributed by atoms with Crippen molar-refractivity contribution >= 4 is 29.1 Å². The molecule has 0 aromatic heterocycles. The molecule has 1 fully saturated rings. The minimum absolute atomic E-state index is 0.0541. The van der Waals surface area contributed by atoms with Gasteiger partial charge in [0.05, 0.1) is 0 Å². The summed E-state index contributed by atoms with van der Waals surface area (Å²) in [4.78, 5) is 14.2. The molecule has 5 heteroatoms. The molecule has 2 N–H and O–H groups in total. The first-order valence-electron chi connectivity index (χ1n) is 6.91. The summed E-state index contributed by atoms with van der Waals surface area (Å²) in [5, 5.41) is 1.18. The van der Waals surface area contributed by atoms with Crippen molar-refractivity contribution in [3.8, 4) is 0 Å². The Morgan fingerprint density at radius 3 is 2.55 bits per heavy atom. The van der Waals surface area contributed by atoms with Gasteiger partial charge in [-0.3, -0.25) is 4.79 Å². The third-order valence-corrected chi connectivity index (χ3v) is 4.22. The first-order chi connectivity index (χ1) is 9.45. The number of halogens is 2. The van der Waals surface area contributed by atoms with E-state index < -0.39 is 0 Å². The molecule has 2 rings (SSSR count). The maximum atomic E-state index is 12.4. The summed E-state index contributed by atoms with van der Waals surface area (Å²) in [5.74, 6) is 0.217. The molecule has 110 valence electrons. The monoisotopic (exact) mass is 314 g/mol. The fourth-order valence-electron chi connectivity index (χ4n) is 2.82. The highest BCUT2D eigenvalue weighted by Gasteiger charge is 2.27. The van der Waals surface area contributed by atoms with Crippen molar-refractivity contribution < 1.29 is 4.79 Å². The summed E-state index contributed by atoms with van der Waals surface area (Å²) in [7, 11) is 1.82. The number of benzene rings is 1. The number of rotatable bonds is 3. The van der Waals surface area contributed by atoms with E-state index in [0.29, 0.717) is 16.6 Å². The van der Waals surface area contributed by atoms with Gasteiger partial charge in [-0.2, -0.15) is 0 Å². The Morgan fingerprint density at radius 1 is 1.30 bits per heavy atom. The fourth-order valence-corrected chi connectivity index (χ4v) is 3.39. The molecule has 1 aromatic carbocycles. The molecule has 1 aliphatic carbocycles.